The lowest BCUT2D eigenvalue weighted by atomic mass is 9.91. The Kier molecular flexibility index (Phi) is 6.55. The molecule has 1 aliphatic carbocycles. The van der Waals surface area contributed by atoms with Crippen molar-refractivity contribution in [1.29, 1.82) is 0 Å². The number of carbonyl (C=O) groups excluding carboxylic acids is 1. The Labute approximate surface area is 176 Å². The smallest absolute Gasteiger partial charge is 0.338 e. The first-order valence-electron chi connectivity index (χ1n) is 10.7. The number of aliphatic hydroxyl groups is 2. The number of hydrogen-bond acceptors (Lipinski definition) is 7. The number of ether oxygens (including phenoxy) is 4. The van der Waals surface area contributed by atoms with E-state index in [1.807, 2.05) is 6.07 Å². The van der Waals surface area contributed by atoms with Crippen LogP contribution >= 0.6 is 0 Å². The number of fused-ring (bicyclic) bond motifs is 1. The van der Waals surface area contributed by atoms with E-state index in [1.165, 1.54) is 0 Å². The zero-order valence-electron chi connectivity index (χ0n) is 17.0. The molecule has 7 nitrogen and oxygen atoms in total. The Morgan fingerprint density at radius 1 is 1.20 bits per heavy atom. The number of rotatable bonds is 6. The first kappa shape index (κ1) is 21.5. The van der Waals surface area contributed by atoms with Crippen molar-refractivity contribution in [2.45, 2.75) is 80.9 Å². The highest BCUT2D eigenvalue weighted by molar-refractivity contribution is 5.89. The van der Waals surface area contributed by atoms with Gasteiger partial charge in [-0.25, -0.2) is 4.79 Å². The van der Waals surface area contributed by atoms with Gasteiger partial charge in [0, 0.05) is 12.8 Å². The van der Waals surface area contributed by atoms with E-state index in [0.29, 0.717) is 12.0 Å². The van der Waals surface area contributed by atoms with E-state index in [9.17, 15) is 15.0 Å². The van der Waals surface area contributed by atoms with Crippen LogP contribution in [0.5, 0.6) is 0 Å². The van der Waals surface area contributed by atoms with Crippen molar-refractivity contribution in [3.05, 3.63) is 48.6 Å². The summed E-state index contributed by atoms with van der Waals surface area (Å²) in [6, 6.07) is 8.77. The molecule has 0 aromatic heterocycles. The van der Waals surface area contributed by atoms with Crippen LogP contribution in [0.3, 0.4) is 0 Å². The van der Waals surface area contributed by atoms with Gasteiger partial charge in [0.1, 0.15) is 30.5 Å². The molecular weight excluding hydrogens is 388 g/mol. The zero-order valence-corrected chi connectivity index (χ0v) is 17.0. The van der Waals surface area contributed by atoms with E-state index in [1.54, 1.807) is 30.3 Å². The predicted octanol–water partition coefficient (Wildman–Crippen LogP) is 2.35. The second-order valence-electron chi connectivity index (χ2n) is 8.29. The Bertz CT molecular complexity index is 730. The third-order valence-corrected chi connectivity index (χ3v) is 6.20. The minimum absolute atomic E-state index is 0.404. The molecule has 2 unspecified atom stereocenters. The van der Waals surface area contributed by atoms with E-state index in [0.717, 1.165) is 32.1 Å². The number of hydrogen-bond donors (Lipinski definition) is 2. The Morgan fingerprint density at radius 3 is 2.57 bits per heavy atom. The summed E-state index contributed by atoms with van der Waals surface area (Å²) in [6.45, 7) is 3.32. The van der Waals surface area contributed by atoms with E-state index in [-0.39, 0.29) is 0 Å². The highest BCUT2D eigenvalue weighted by Crippen LogP contribution is 2.46. The lowest BCUT2D eigenvalue weighted by molar-refractivity contribution is -0.217. The third-order valence-electron chi connectivity index (χ3n) is 6.20. The predicted molar refractivity (Wildman–Crippen MR) is 108 cm³/mol. The van der Waals surface area contributed by atoms with E-state index in [4.69, 9.17) is 18.9 Å². The molecule has 1 aromatic rings. The second-order valence-corrected chi connectivity index (χ2v) is 8.29. The van der Waals surface area contributed by atoms with Crippen LogP contribution in [0.15, 0.2) is 43.0 Å². The average molecular weight is 418 g/mol. The summed E-state index contributed by atoms with van der Waals surface area (Å²) in [5.74, 6) is -1.23. The van der Waals surface area contributed by atoms with Gasteiger partial charge in [0.25, 0.3) is 0 Å². The molecule has 3 fully saturated rings. The minimum Gasteiger partial charge on any atom is -0.453 e. The summed E-state index contributed by atoms with van der Waals surface area (Å²) in [5.41, 5.74) is 0.440. The van der Waals surface area contributed by atoms with Crippen LogP contribution in [0, 0.1) is 0 Å². The lowest BCUT2D eigenvalue weighted by Gasteiger charge is -2.42. The fourth-order valence-corrected chi connectivity index (χ4v) is 4.74. The van der Waals surface area contributed by atoms with Gasteiger partial charge < -0.3 is 29.2 Å². The van der Waals surface area contributed by atoms with Crippen molar-refractivity contribution in [2.24, 2.45) is 0 Å². The molecule has 0 amide bonds. The molecule has 0 bridgehead atoms. The summed E-state index contributed by atoms with van der Waals surface area (Å²) in [4.78, 5) is 12.8. The maximum atomic E-state index is 12.8. The lowest BCUT2D eigenvalue weighted by Crippen LogP contribution is -2.61. The van der Waals surface area contributed by atoms with Crippen LogP contribution < -0.4 is 0 Å². The monoisotopic (exact) mass is 418 g/mol. The highest BCUT2D eigenvalue weighted by atomic mass is 16.8. The van der Waals surface area contributed by atoms with Crippen LogP contribution in [0.4, 0.5) is 0 Å². The summed E-state index contributed by atoms with van der Waals surface area (Å²) >= 11 is 0. The quantitative estimate of drug-likeness (QED) is 0.541. The highest BCUT2D eigenvalue weighted by Gasteiger charge is 2.60. The van der Waals surface area contributed by atoms with E-state index < -0.39 is 55.0 Å². The number of esters is 1. The summed E-state index contributed by atoms with van der Waals surface area (Å²) in [5, 5.41) is 20.0. The number of benzene rings is 1. The van der Waals surface area contributed by atoms with Crippen molar-refractivity contribution in [3.63, 3.8) is 0 Å². The van der Waals surface area contributed by atoms with Gasteiger partial charge in [-0.1, -0.05) is 30.7 Å². The van der Waals surface area contributed by atoms with Crippen LogP contribution in [0.1, 0.15) is 48.9 Å². The van der Waals surface area contributed by atoms with Gasteiger partial charge in [0.2, 0.25) is 0 Å². The van der Waals surface area contributed by atoms with Crippen molar-refractivity contribution < 1.29 is 34.0 Å². The fourth-order valence-electron chi connectivity index (χ4n) is 4.74. The Hall–Kier alpha value is -1.77. The standard InChI is InChI=1S/C23H30O7/c1-2-9-17-19(28-22(26)15-10-5-3-6-11-15)21-20(18(27-17)16(25)14-24)29-23(30-21)12-7-4-8-13-23/h2-3,5-6,10-11,16-21,24-25H,1,4,7-9,12-14H2/t16-,17+,18+,19?,20-,21?/m1/s1. The molecule has 6 atom stereocenters. The van der Waals surface area contributed by atoms with Crippen molar-refractivity contribution in [2.75, 3.05) is 6.61 Å². The normalized spacial score (nSPS) is 33.6. The van der Waals surface area contributed by atoms with E-state index >= 15 is 0 Å². The van der Waals surface area contributed by atoms with Gasteiger partial charge in [-0.15, -0.1) is 6.58 Å². The zero-order chi connectivity index (χ0) is 21.1. The first-order chi connectivity index (χ1) is 14.6. The van der Waals surface area contributed by atoms with Crippen LogP contribution in [-0.2, 0) is 18.9 Å². The summed E-state index contributed by atoms with van der Waals surface area (Å²) in [6.07, 6.45) is 2.24. The third kappa shape index (κ3) is 4.18. The molecular formula is C23H30O7. The van der Waals surface area contributed by atoms with Crippen LogP contribution in [-0.4, -0.2) is 65.2 Å². The van der Waals surface area contributed by atoms with Crippen molar-refractivity contribution >= 4 is 5.97 Å². The molecule has 1 saturated carbocycles. The summed E-state index contributed by atoms with van der Waals surface area (Å²) in [7, 11) is 0. The first-order valence-corrected chi connectivity index (χ1v) is 10.7. The molecule has 2 aliphatic heterocycles. The molecule has 1 aromatic carbocycles. The minimum atomic E-state index is -1.13. The van der Waals surface area contributed by atoms with Gasteiger partial charge in [-0.3, -0.25) is 0 Å². The largest absolute Gasteiger partial charge is 0.453 e. The van der Waals surface area contributed by atoms with Gasteiger partial charge in [-0.05, 0) is 31.4 Å². The fraction of sp³-hybridized carbons (Fsp3) is 0.609. The SMILES string of the molecule is C=CC[C@@H]1O[C@@H]([C@H](O)CO)[C@H]2OC3(CCCCC3)OC2C1OC(=O)c1ccccc1. The molecule has 4 rings (SSSR count). The number of carbonyl (C=O) groups is 1. The number of aliphatic hydroxyl groups excluding tert-OH is 2. The van der Waals surface area contributed by atoms with Crippen molar-refractivity contribution in [3.8, 4) is 0 Å². The molecule has 3 aliphatic rings. The molecule has 0 radical (unpaired) electrons. The van der Waals surface area contributed by atoms with Crippen molar-refractivity contribution in [1.82, 2.24) is 0 Å². The Morgan fingerprint density at radius 2 is 1.90 bits per heavy atom. The molecule has 2 N–H and O–H groups in total. The molecule has 164 valence electrons. The molecule has 2 saturated heterocycles. The van der Waals surface area contributed by atoms with Crippen LogP contribution in [0.25, 0.3) is 0 Å². The molecule has 2 heterocycles. The second kappa shape index (κ2) is 9.16. The molecule has 1 spiro atoms. The van der Waals surface area contributed by atoms with E-state index in [2.05, 4.69) is 6.58 Å². The van der Waals surface area contributed by atoms with Crippen LogP contribution in [0.2, 0.25) is 0 Å². The Balaban J connectivity index is 1.62. The average Bonchev–Trinajstić information content (AvgIpc) is 3.14. The van der Waals surface area contributed by atoms with Gasteiger partial charge in [0.05, 0.1) is 12.2 Å². The summed E-state index contributed by atoms with van der Waals surface area (Å²) < 4.78 is 24.8. The molecule has 30 heavy (non-hydrogen) atoms. The maximum Gasteiger partial charge on any atom is 0.338 e. The van der Waals surface area contributed by atoms with Gasteiger partial charge in [0.15, 0.2) is 11.9 Å². The maximum absolute atomic E-state index is 12.8. The topological polar surface area (TPSA) is 94.5 Å². The van der Waals surface area contributed by atoms with Gasteiger partial charge >= 0.3 is 5.97 Å². The molecule has 7 heteroatoms. The van der Waals surface area contributed by atoms with Gasteiger partial charge in [-0.2, -0.15) is 0 Å².